The van der Waals surface area contributed by atoms with Crippen LogP contribution in [0.1, 0.15) is 24.8 Å². The first-order valence-corrected chi connectivity index (χ1v) is 14.6. The van der Waals surface area contributed by atoms with Crippen molar-refractivity contribution in [1.29, 1.82) is 0 Å². The number of guanidine groups is 1. The van der Waals surface area contributed by atoms with Gasteiger partial charge in [-0.3, -0.25) is 19.7 Å². The van der Waals surface area contributed by atoms with Crippen molar-refractivity contribution in [3.63, 3.8) is 0 Å². The van der Waals surface area contributed by atoms with Gasteiger partial charge in [0.15, 0.2) is 11.5 Å². The van der Waals surface area contributed by atoms with E-state index in [1.165, 1.54) is 18.4 Å². The molecule has 0 aliphatic carbocycles. The number of hydrogen-bond donors (Lipinski definition) is 0. The van der Waals surface area contributed by atoms with Gasteiger partial charge in [-0.15, -0.1) is 0 Å². The molecule has 40 heavy (non-hydrogen) atoms. The number of hydrogen-bond acceptors (Lipinski definition) is 10. The zero-order chi connectivity index (χ0) is 27.5. The van der Waals surface area contributed by atoms with Crippen molar-refractivity contribution in [3.05, 3.63) is 41.6 Å². The van der Waals surface area contributed by atoms with Gasteiger partial charge in [0.25, 0.3) is 0 Å². The van der Waals surface area contributed by atoms with Crippen LogP contribution in [0.2, 0.25) is 0 Å². The van der Waals surface area contributed by atoms with Crippen molar-refractivity contribution in [3.8, 4) is 11.5 Å². The summed E-state index contributed by atoms with van der Waals surface area (Å²) in [6.45, 7) is 8.29. The van der Waals surface area contributed by atoms with E-state index in [2.05, 4.69) is 51.1 Å². The van der Waals surface area contributed by atoms with Gasteiger partial charge in [-0.25, -0.2) is 4.99 Å². The van der Waals surface area contributed by atoms with Crippen LogP contribution in [0.25, 0.3) is 0 Å². The molecule has 5 aliphatic heterocycles. The Labute approximate surface area is 237 Å². The Morgan fingerprint density at radius 1 is 1.12 bits per heavy atom. The zero-order valence-corrected chi connectivity index (χ0v) is 24.1. The fourth-order valence-electron chi connectivity index (χ4n) is 6.33. The van der Waals surface area contributed by atoms with Crippen LogP contribution in [0.15, 0.2) is 46.0 Å². The predicted octanol–water partition coefficient (Wildman–Crippen LogP) is 2.72. The van der Waals surface area contributed by atoms with Crippen LogP contribution in [0.4, 0.5) is 5.69 Å². The normalized spacial score (nSPS) is 24.9. The fourth-order valence-corrected chi connectivity index (χ4v) is 6.33. The van der Waals surface area contributed by atoms with Crippen molar-refractivity contribution in [2.75, 3.05) is 86.9 Å². The molecule has 0 spiro atoms. The molecule has 0 N–H and O–H groups in total. The Morgan fingerprint density at radius 2 is 2.05 bits per heavy atom. The average molecular weight is 551 g/mol. The number of nitrogens with zero attached hydrogens (tertiary/aromatic N) is 6. The molecule has 2 atom stereocenters. The molecule has 2 fully saturated rings. The number of likely N-dealkylation sites (N-methyl/N-ethyl adjacent to an activating group) is 1. The summed E-state index contributed by atoms with van der Waals surface area (Å²) in [4.78, 5) is 19.4. The van der Waals surface area contributed by atoms with Crippen LogP contribution < -0.4 is 9.47 Å². The minimum atomic E-state index is 0.146. The smallest absolute Gasteiger partial charge is 0.212 e. The van der Waals surface area contributed by atoms with Crippen molar-refractivity contribution >= 4 is 17.5 Å². The second kappa shape index (κ2) is 12.3. The van der Waals surface area contributed by atoms with Crippen molar-refractivity contribution in [1.82, 2.24) is 19.6 Å². The lowest BCUT2D eigenvalue weighted by Gasteiger charge is -2.36. The number of ether oxygens (including phenoxy) is 4. The Kier molecular flexibility index (Phi) is 8.38. The quantitative estimate of drug-likeness (QED) is 0.465. The summed E-state index contributed by atoms with van der Waals surface area (Å²) < 4.78 is 23.5. The van der Waals surface area contributed by atoms with Crippen LogP contribution in [-0.2, 0) is 9.47 Å². The summed E-state index contributed by atoms with van der Waals surface area (Å²) in [7, 11) is 5.65. The lowest BCUT2D eigenvalue weighted by atomic mass is 10.0. The number of morpholine rings is 1. The zero-order valence-electron chi connectivity index (χ0n) is 24.1. The minimum Gasteiger partial charge on any atom is -0.491 e. The highest BCUT2D eigenvalue weighted by Crippen LogP contribution is 2.44. The van der Waals surface area contributed by atoms with E-state index < -0.39 is 0 Å². The summed E-state index contributed by atoms with van der Waals surface area (Å²) in [6.07, 6.45) is 10.2. The number of rotatable bonds is 9. The first-order valence-electron chi connectivity index (χ1n) is 14.6. The first-order chi connectivity index (χ1) is 19.7. The standard InChI is InChI=1S/C30H42N6O4/c1-33-12-5-7-25(33)22-6-4-13-35(20-22)30-32-27-24(29-31-11-14-36(29)30)8-9-26(28(27)38-3)40-17-10-23-21-34(15-18-37-2)16-19-39-23/h4,6,8-9,20,23,25H,5,7,10-19,21H2,1-3H3. The second-order valence-electron chi connectivity index (χ2n) is 11.0. The molecule has 10 nitrogen and oxygen atoms in total. The van der Waals surface area contributed by atoms with Crippen LogP contribution in [0.3, 0.4) is 0 Å². The van der Waals surface area contributed by atoms with E-state index in [0.29, 0.717) is 24.1 Å². The molecular formula is C30H42N6O4. The van der Waals surface area contributed by atoms with Crippen molar-refractivity contribution in [2.45, 2.75) is 31.4 Å². The monoisotopic (exact) mass is 550 g/mol. The predicted molar refractivity (Wildman–Crippen MR) is 156 cm³/mol. The lowest BCUT2D eigenvalue weighted by Crippen LogP contribution is -2.47. The van der Waals surface area contributed by atoms with Gasteiger partial charge < -0.3 is 23.8 Å². The Morgan fingerprint density at radius 3 is 2.88 bits per heavy atom. The third-order valence-corrected chi connectivity index (χ3v) is 8.45. The third kappa shape index (κ3) is 5.50. The van der Waals surface area contributed by atoms with E-state index >= 15 is 0 Å². The van der Waals surface area contributed by atoms with E-state index in [4.69, 9.17) is 28.9 Å². The maximum Gasteiger partial charge on any atom is 0.212 e. The number of benzene rings is 1. The number of aliphatic imine (C=N–C) groups is 2. The van der Waals surface area contributed by atoms with E-state index in [0.717, 1.165) is 88.5 Å². The molecule has 1 aromatic rings. The highest BCUT2D eigenvalue weighted by Gasteiger charge is 2.35. The Hall–Kier alpha value is -2.92. The van der Waals surface area contributed by atoms with E-state index in [9.17, 15) is 0 Å². The van der Waals surface area contributed by atoms with Gasteiger partial charge >= 0.3 is 0 Å². The highest BCUT2D eigenvalue weighted by atomic mass is 16.5. The molecule has 2 saturated heterocycles. The summed E-state index contributed by atoms with van der Waals surface area (Å²) in [5.74, 6) is 3.21. The van der Waals surface area contributed by atoms with Crippen molar-refractivity contribution in [2.24, 2.45) is 9.98 Å². The van der Waals surface area contributed by atoms with E-state index in [1.54, 1.807) is 14.2 Å². The number of likely N-dealkylation sites (tertiary alicyclic amines) is 1. The molecule has 1 aromatic carbocycles. The van der Waals surface area contributed by atoms with Gasteiger partial charge in [0.1, 0.15) is 11.5 Å². The maximum absolute atomic E-state index is 6.29. The summed E-state index contributed by atoms with van der Waals surface area (Å²) >= 11 is 0. The van der Waals surface area contributed by atoms with Crippen LogP contribution in [-0.4, -0.2) is 130 Å². The fraction of sp³-hybridized carbons (Fsp3) is 0.600. The van der Waals surface area contributed by atoms with Gasteiger partial charge in [-0.05, 0) is 44.1 Å². The molecule has 10 heteroatoms. The van der Waals surface area contributed by atoms with Gasteiger partial charge in [0, 0.05) is 64.1 Å². The molecule has 5 heterocycles. The molecule has 216 valence electrons. The Balaban J connectivity index is 1.21. The molecule has 6 rings (SSSR count). The number of methoxy groups -OCH3 is 2. The van der Waals surface area contributed by atoms with Gasteiger partial charge in [0.05, 0.1) is 39.6 Å². The molecule has 0 saturated carbocycles. The minimum absolute atomic E-state index is 0.146. The molecular weight excluding hydrogens is 508 g/mol. The first kappa shape index (κ1) is 27.3. The number of fused-ring (bicyclic) bond motifs is 3. The summed E-state index contributed by atoms with van der Waals surface area (Å²) in [5.41, 5.74) is 3.11. The van der Waals surface area contributed by atoms with Gasteiger partial charge in [-0.2, -0.15) is 0 Å². The molecule has 0 bridgehead atoms. The molecule has 2 unspecified atom stereocenters. The maximum atomic E-state index is 6.29. The van der Waals surface area contributed by atoms with Crippen LogP contribution in [0, 0.1) is 0 Å². The summed E-state index contributed by atoms with van der Waals surface area (Å²) in [5, 5.41) is 0. The molecule has 0 aromatic heterocycles. The van der Waals surface area contributed by atoms with Crippen LogP contribution in [0.5, 0.6) is 11.5 Å². The number of amidine groups is 1. The van der Waals surface area contributed by atoms with Gasteiger partial charge in [-0.1, -0.05) is 12.2 Å². The largest absolute Gasteiger partial charge is 0.491 e. The SMILES string of the molecule is COCCN1CCOC(CCOc2ccc3c(c2OC)N=C(N2C=C(C4CCCN4C)C=CC2)N2CCN=C32)C1. The average Bonchev–Trinajstić information content (AvgIpc) is 3.65. The van der Waals surface area contributed by atoms with Crippen molar-refractivity contribution < 1.29 is 18.9 Å². The molecule has 0 radical (unpaired) electrons. The van der Waals surface area contributed by atoms with Gasteiger partial charge in [0.2, 0.25) is 5.96 Å². The third-order valence-electron chi connectivity index (χ3n) is 8.45. The van der Waals surface area contributed by atoms with E-state index in [1.807, 2.05) is 6.07 Å². The lowest BCUT2D eigenvalue weighted by molar-refractivity contribution is -0.0418. The highest BCUT2D eigenvalue weighted by molar-refractivity contribution is 6.16. The van der Waals surface area contributed by atoms with Crippen LogP contribution >= 0.6 is 0 Å². The summed E-state index contributed by atoms with van der Waals surface area (Å²) in [6, 6.07) is 4.51. The molecule has 5 aliphatic rings. The topological polar surface area (TPSA) is 74.6 Å². The Bertz CT molecular complexity index is 1200. The second-order valence-corrected chi connectivity index (χ2v) is 11.0. The van der Waals surface area contributed by atoms with E-state index in [-0.39, 0.29) is 6.10 Å². The molecule has 0 amide bonds.